The van der Waals surface area contributed by atoms with Gasteiger partial charge in [0.05, 0.1) is 0 Å². The Hall–Kier alpha value is -1.11. The van der Waals surface area contributed by atoms with Gasteiger partial charge in [-0.15, -0.1) is 0 Å². The first kappa shape index (κ1) is 7.53. The third kappa shape index (κ3) is 1.40. The number of aliphatic imine (C=N–C) groups is 1. The summed E-state index contributed by atoms with van der Waals surface area (Å²) < 4.78 is 0. The van der Waals surface area contributed by atoms with Gasteiger partial charge in [-0.05, 0) is 25.3 Å². The van der Waals surface area contributed by atoms with Gasteiger partial charge >= 0.3 is 0 Å². The molecule has 0 bridgehead atoms. The Morgan fingerprint density at radius 2 is 2.00 bits per heavy atom. The molecule has 1 heterocycles. The van der Waals surface area contributed by atoms with Crippen LogP contribution in [0.15, 0.2) is 35.3 Å². The zero-order chi connectivity index (χ0) is 8.39. The van der Waals surface area contributed by atoms with Crippen molar-refractivity contribution in [3.05, 3.63) is 35.9 Å². The summed E-state index contributed by atoms with van der Waals surface area (Å²) in [5, 5.41) is 0. The van der Waals surface area contributed by atoms with Gasteiger partial charge in [0.1, 0.15) is 0 Å². The van der Waals surface area contributed by atoms with Crippen molar-refractivity contribution in [2.24, 2.45) is 4.99 Å². The van der Waals surface area contributed by atoms with Crippen LogP contribution in [-0.4, -0.2) is 11.8 Å². The molecule has 0 spiro atoms. The van der Waals surface area contributed by atoms with Crippen LogP contribution in [0.4, 0.5) is 0 Å². The SMILES string of the molecule is CC1CCC(c2ccccc2)=N1. The molecule has 2 rings (SSSR count). The van der Waals surface area contributed by atoms with Crippen LogP contribution in [0, 0.1) is 0 Å². The smallest absolute Gasteiger partial charge is 0.0478 e. The van der Waals surface area contributed by atoms with Crippen molar-refractivity contribution in [3.8, 4) is 0 Å². The zero-order valence-corrected chi connectivity index (χ0v) is 7.33. The predicted molar refractivity (Wildman–Crippen MR) is 51.7 cm³/mol. The van der Waals surface area contributed by atoms with Gasteiger partial charge in [-0.3, -0.25) is 4.99 Å². The lowest BCUT2D eigenvalue weighted by Crippen LogP contribution is -1.94. The van der Waals surface area contributed by atoms with Gasteiger partial charge in [-0.1, -0.05) is 30.3 Å². The van der Waals surface area contributed by atoms with Gasteiger partial charge in [-0.25, -0.2) is 0 Å². The fourth-order valence-electron chi connectivity index (χ4n) is 1.59. The number of hydrogen-bond donors (Lipinski definition) is 0. The van der Waals surface area contributed by atoms with E-state index in [1.807, 2.05) is 6.07 Å². The van der Waals surface area contributed by atoms with E-state index in [2.05, 4.69) is 36.2 Å². The van der Waals surface area contributed by atoms with Crippen molar-refractivity contribution in [2.75, 3.05) is 0 Å². The fraction of sp³-hybridized carbons (Fsp3) is 0.364. The minimum atomic E-state index is 0.528. The van der Waals surface area contributed by atoms with Crippen molar-refractivity contribution >= 4 is 5.71 Å². The minimum absolute atomic E-state index is 0.528. The van der Waals surface area contributed by atoms with E-state index in [0.29, 0.717) is 6.04 Å². The molecule has 1 heteroatoms. The maximum atomic E-state index is 4.58. The molecule has 12 heavy (non-hydrogen) atoms. The molecule has 1 aromatic rings. The molecule has 1 aromatic carbocycles. The third-order valence-electron chi connectivity index (χ3n) is 2.28. The van der Waals surface area contributed by atoms with Crippen molar-refractivity contribution in [2.45, 2.75) is 25.8 Å². The molecule has 0 N–H and O–H groups in total. The van der Waals surface area contributed by atoms with Crippen molar-refractivity contribution in [3.63, 3.8) is 0 Å². The molecule has 1 atom stereocenters. The number of benzene rings is 1. The quantitative estimate of drug-likeness (QED) is 0.597. The molecule has 0 fully saturated rings. The van der Waals surface area contributed by atoms with Crippen molar-refractivity contribution < 1.29 is 0 Å². The standard InChI is InChI=1S/C11H13N/c1-9-7-8-11(12-9)10-5-3-2-4-6-10/h2-6,9H,7-8H2,1H3. The van der Waals surface area contributed by atoms with Gasteiger partial charge in [0.25, 0.3) is 0 Å². The van der Waals surface area contributed by atoms with E-state index < -0.39 is 0 Å². The average molecular weight is 159 g/mol. The van der Waals surface area contributed by atoms with E-state index in [4.69, 9.17) is 0 Å². The topological polar surface area (TPSA) is 12.4 Å². The highest BCUT2D eigenvalue weighted by Crippen LogP contribution is 2.17. The molecule has 0 aliphatic carbocycles. The van der Waals surface area contributed by atoms with Crippen LogP contribution in [0.25, 0.3) is 0 Å². The van der Waals surface area contributed by atoms with Gasteiger partial charge in [-0.2, -0.15) is 0 Å². The summed E-state index contributed by atoms with van der Waals surface area (Å²) in [5.74, 6) is 0. The van der Waals surface area contributed by atoms with Gasteiger partial charge in [0.2, 0.25) is 0 Å². The van der Waals surface area contributed by atoms with E-state index in [0.717, 1.165) is 6.42 Å². The monoisotopic (exact) mass is 159 g/mol. The summed E-state index contributed by atoms with van der Waals surface area (Å²) in [6.45, 7) is 2.18. The van der Waals surface area contributed by atoms with E-state index in [1.165, 1.54) is 17.7 Å². The van der Waals surface area contributed by atoms with Crippen LogP contribution in [0.3, 0.4) is 0 Å². The zero-order valence-electron chi connectivity index (χ0n) is 7.33. The molecule has 1 aliphatic rings. The number of hydrogen-bond acceptors (Lipinski definition) is 1. The van der Waals surface area contributed by atoms with Gasteiger partial charge < -0.3 is 0 Å². The molecular weight excluding hydrogens is 146 g/mol. The minimum Gasteiger partial charge on any atom is -0.286 e. The lowest BCUT2D eigenvalue weighted by molar-refractivity contribution is 0.739. The summed E-state index contributed by atoms with van der Waals surface area (Å²) in [4.78, 5) is 4.58. The first-order valence-electron chi connectivity index (χ1n) is 4.48. The van der Waals surface area contributed by atoms with Crippen LogP contribution in [0.5, 0.6) is 0 Å². The second kappa shape index (κ2) is 3.10. The normalized spacial score (nSPS) is 22.4. The largest absolute Gasteiger partial charge is 0.286 e. The van der Waals surface area contributed by atoms with Crippen molar-refractivity contribution in [1.82, 2.24) is 0 Å². The summed E-state index contributed by atoms with van der Waals surface area (Å²) in [6, 6.07) is 11.0. The highest BCUT2D eigenvalue weighted by Gasteiger charge is 2.13. The average Bonchev–Trinajstić information content (AvgIpc) is 2.54. The van der Waals surface area contributed by atoms with Crippen LogP contribution in [0.2, 0.25) is 0 Å². The molecular formula is C11H13N. The van der Waals surface area contributed by atoms with Crippen LogP contribution in [-0.2, 0) is 0 Å². The Morgan fingerprint density at radius 1 is 1.25 bits per heavy atom. The first-order valence-corrected chi connectivity index (χ1v) is 4.48. The maximum absolute atomic E-state index is 4.58. The Balaban J connectivity index is 2.27. The highest BCUT2D eigenvalue weighted by atomic mass is 14.8. The van der Waals surface area contributed by atoms with E-state index >= 15 is 0 Å². The number of nitrogens with zero attached hydrogens (tertiary/aromatic N) is 1. The highest BCUT2D eigenvalue weighted by molar-refractivity contribution is 6.01. The molecule has 1 nitrogen and oxygen atoms in total. The maximum Gasteiger partial charge on any atom is 0.0478 e. The van der Waals surface area contributed by atoms with Crippen molar-refractivity contribution in [1.29, 1.82) is 0 Å². The number of rotatable bonds is 1. The van der Waals surface area contributed by atoms with E-state index in [-0.39, 0.29) is 0 Å². The molecule has 0 amide bonds. The van der Waals surface area contributed by atoms with Gasteiger partial charge in [0, 0.05) is 11.8 Å². The molecule has 0 aromatic heterocycles. The second-order valence-corrected chi connectivity index (χ2v) is 3.33. The first-order chi connectivity index (χ1) is 5.86. The lowest BCUT2D eigenvalue weighted by atomic mass is 10.1. The Kier molecular flexibility index (Phi) is 1.94. The Morgan fingerprint density at radius 3 is 2.58 bits per heavy atom. The van der Waals surface area contributed by atoms with Crippen LogP contribution >= 0.6 is 0 Å². The van der Waals surface area contributed by atoms with E-state index in [1.54, 1.807) is 0 Å². The molecule has 62 valence electrons. The molecule has 0 saturated carbocycles. The predicted octanol–water partition coefficient (Wildman–Crippen LogP) is 2.66. The second-order valence-electron chi connectivity index (χ2n) is 3.33. The van der Waals surface area contributed by atoms with E-state index in [9.17, 15) is 0 Å². The summed E-state index contributed by atoms with van der Waals surface area (Å²) in [7, 11) is 0. The third-order valence-corrected chi connectivity index (χ3v) is 2.28. The molecule has 0 radical (unpaired) electrons. The van der Waals surface area contributed by atoms with Crippen LogP contribution in [0.1, 0.15) is 25.3 Å². The summed E-state index contributed by atoms with van der Waals surface area (Å²) >= 11 is 0. The fourth-order valence-corrected chi connectivity index (χ4v) is 1.59. The molecule has 0 saturated heterocycles. The lowest BCUT2D eigenvalue weighted by Gasteiger charge is -1.97. The summed E-state index contributed by atoms with van der Waals surface area (Å²) in [6.07, 6.45) is 2.36. The van der Waals surface area contributed by atoms with Gasteiger partial charge in [0.15, 0.2) is 0 Å². The Labute approximate surface area is 73.1 Å². The molecule has 1 unspecified atom stereocenters. The summed E-state index contributed by atoms with van der Waals surface area (Å²) in [5.41, 5.74) is 2.57. The van der Waals surface area contributed by atoms with Crippen LogP contribution < -0.4 is 0 Å². The molecule has 1 aliphatic heterocycles. The Bertz CT molecular complexity index is 287.